The van der Waals surface area contributed by atoms with Crippen molar-refractivity contribution in [3.05, 3.63) is 30.0 Å². The second-order valence-electron chi connectivity index (χ2n) is 9.19. The van der Waals surface area contributed by atoms with Gasteiger partial charge >= 0.3 is 0 Å². The number of nitrogens with zero attached hydrogens (tertiary/aromatic N) is 1. The fourth-order valence-corrected chi connectivity index (χ4v) is 4.85. The van der Waals surface area contributed by atoms with E-state index in [0.29, 0.717) is 5.92 Å². The zero-order valence-corrected chi connectivity index (χ0v) is 16.2. The Balaban J connectivity index is 1.73. The van der Waals surface area contributed by atoms with Gasteiger partial charge < -0.3 is 14.4 Å². The Kier molecular flexibility index (Phi) is 3.96. The van der Waals surface area contributed by atoms with Crippen LogP contribution in [0.2, 0.25) is 0 Å². The van der Waals surface area contributed by atoms with Gasteiger partial charge in [0.05, 0.1) is 0 Å². The number of hydrogen-bond donors (Lipinski definition) is 1. The molecule has 4 nitrogen and oxygen atoms in total. The van der Waals surface area contributed by atoms with Crippen molar-refractivity contribution < 1.29 is 14.6 Å². The Hall–Kier alpha value is -1.81. The molecular formula is C22H29NO3. The number of ether oxygens (including phenoxy) is 1. The van der Waals surface area contributed by atoms with Crippen LogP contribution in [0.3, 0.4) is 0 Å². The molecule has 2 fully saturated rings. The predicted octanol–water partition coefficient (Wildman–Crippen LogP) is 4.64. The number of phenolic OH excluding ortho intramolecular Hbond substituents is 1. The van der Waals surface area contributed by atoms with Gasteiger partial charge in [0.15, 0.2) is 5.78 Å². The largest absolute Gasteiger partial charge is 0.508 e. The third kappa shape index (κ3) is 2.58. The number of aromatic nitrogens is 1. The number of Topliss-reactive ketones (excluding diaryl/α,β-unsaturated/α-hetero) is 1. The lowest BCUT2D eigenvalue weighted by Crippen LogP contribution is -2.20. The second-order valence-corrected chi connectivity index (χ2v) is 9.19. The highest BCUT2D eigenvalue weighted by Gasteiger charge is 2.68. The van der Waals surface area contributed by atoms with Crippen molar-refractivity contribution in [3.63, 3.8) is 0 Å². The topological polar surface area (TPSA) is 51.5 Å². The zero-order valence-electron chi connectivity index (χ0n) is 16.2. The van der Waals surface area contributed by atoms with E-state index in [1.807, 2.05) is 12.3 Å². The van der Waals surface area contributed by atoms with E-state index in [1.54, 1.807) is 12.1 Å². The number of carbonyl (C=O) groups excluding carboxylic acids is 1. The van der Waals surface area contributed by atoms with Gasteiger partial charge in [-0.3, -0.25) is 4.79 Å². The first kappa shape index (κ1) is 17.6. The zero-order chi connectivity index (χ0) is 18.7. The summed E-state index contributed by atoms with van der Waals surface area (Å²) in [6.07, 6.45) is 4.14. The molecule has 0 bridgehead atoms. The molecule has 26 heavy (non-hydrogen) atoms. The minimum atomic E-state index is 0.00996. The van der Waals surface area contributed by atoms with Crippen LogP contribution in [0.5, 0.6) is 5.75 Å². The van der Waals surface area contributed by atoms with Crippen LogP contribution >= 0.6 is 0 Å². The average Bonchev–Trinajstić information content (AvgIpc) is 2.86. The standard InChI is InChI=1S/C22H29NO3/c1-21(2)20(22(21,3)4)19(25)17-13-23(12-14-7-9-26-10-8-14)18-6-5-15(24)11-16(17)18/h5-6,11,13-14,20,24H,7-10,12H2,1-4H3. The molecule has 1 aromatic heterocycles. The average molecular weight is 355 g/mol. The van der Waals surface area contributed by atoms with Crippen LogP contribution in [-0.4, -0.2) is 28.7 Å². The highest BCUT2D eigenvalue weighted by atomic mass is 16.5. The first-order valence-electron chi connectivity index (χ1n) is 9.67. The third-order valence-corrected chi connectivity index (χ3v) is 7.21. The summed E-state index contributed by atoms with van der Waals surface area (Å²) in [6, 6.07) is 5.39. The molecule has 2 aliphatic rings. The summed E-state index contributed by atoms with van der Waals surface area (Å²) < 4.78 is 7.68. The van der Waals surface area contributed by atoms with E-state index in [1.165, 1.54) is 0 Å². The van der Waals surface area contributed by atoms with E-state index in [4.69, 9.17) is 4.74 Å². The number of carbonyl (C=O) groups is 1. The van der Waals surface area contributed by atoms with Gasteiger partial charge in [-0.25, -0.2) is 0 Å². The molecule has 0 radical (unpaired) electrons. The lowest BCUT2D eigenvalue weighted by atomic mass is 10.0. The van der Waals surface area contributed by atoms with E-state index in [9.17, 15) is 9.90 Å². The summed E-state index contributed by atoms with van der Waals surface area (Å²) in [7, 11) is 0. The number of ketones is 1. The van der Waals surface area contributed by atoms with Gasteiger partial charge in [0.25, 0.3) is 0 Å². The highest BCUT2D eigenvalue weighted by molar-refractivity contribution is 6.11. The van der Waals surface area contributed by atoms with Gasteiger partial charge in [-0.05, 0) is 47.8 Å². The van der Waals surface area contributed by atoms with Gasteiger partial charge in [-0.2, -0.15) is 0 Å². The highest BCUT2D eigenvalue weighted by Crippen LogP contribution is 2.69. The molecule has 2 aromatic rings. The van der Waals surface area contributed by atoms with E-state index in [0.717, 1.165) is 49.1 Å². The molecule has 0 amide bonds. The number of fused-ring (bicyclic) bond motifs is 1. The summed E-state index contributed by atoms with van der Waals surface area (Å²) in [5, 5.41) is 10.9. The molecule has 4 heteroatoms. The van der Waals surface area contributed by atoms with Crippen LogP contribution < -0.4 is 0 Å². The van der Waals surface area contributed by atoms with Gasteiger partial charge in [-0.1, -0.05) is 27.7 Å². The molecular weight excluding hydrogens is 326 g/mol. The summed E-state index contributed by atoms with van der Waals surface area (Å²) in [6.45, 7) is 11.2. The Labute approximate surface area is 155 Å². The van der Waals surface area contributed by atoms with Crippen molar-refractivity contribution in [2.75, 3.05) is 13.2 Å². The molecule has 1 aliphatic carbocycles. The number of hydrogen-bond acceptors (Lipinski definition) is 3. The lowest BCUT2D eigenvalue weighted by molar-refractivity contribution is 0.0616. The maximum Gasteiger partial charge on any atom is 0.169 e. The van der Waals surface area contributed by atoms with Gasteiger partial charge in [0.2, 0.25) is 0 Å². The van der Waals surface area contributed by atoms with E-state index in [-0.39, 0.29) is 28.3 Å². The van der Waals surface area contributed by atoms with Crippen LogP contribution in [0.1, 0.15) is 50.9 Å². The maximum atomic E-state index is 13.4. The number of rotatable bonds is 4. The molecule has 4 rings (SSSR count). The predicted molar refractivity (Wildman–Crippen MR) is 103 cm³/mol. The minimum absolute atomic E-state index is 0.00996. The minimum Gasteiger partial charge on any atom is -0.508 e. The normalized spacial score (nSPS) is 22.6. The van der Waals surface area contributed by atoms with E-state index >= 15 is 0 Å². The van der Waals surface area contributed by atoms with Crippen LogP contribution in [0.15, 0.2) is 24.4 Å². The van der Waals surface area contributed by atoms with Crippen molar-refractivity contribution in [2.24, 2.45) is 22.7 Å². The van der Waals surface area contributed by atoms with Crippen molar-refractivity contribution >= 4 is 16.7 Å². The Morgan fingerprint density at radius 1 is 1.19 bits per heavy atom. The smallest absolute Gasteiger partial charge is 0.169 e. The van der Waals surface area contributed by atoms with Crippen molar-refractivity contribution in [1.29, 1.82) is 0 Å². The van der Waals surface area contributed by atoms with E-state index in [2.05, 4.69) is 32.3 Å². The van der Waals surface area contributed by atoms with Crippen LogP contribution in [0.4, 0.5) is 0 Å². The first-order chi connectivity index (χ1) is 12.2. The Bertz CT molecular complexity index is 842. The van der Waals surface area contributed by atoms with Crippen molar-refractivity contribution in [1.82, 2.24) is 4.57 Å². The van der Waals surface area contributed by atoms with Crippen LogP contribution in [-0.2, 0) is 11.3 Å². The quantitative estimate of drug-likeness (QED) is 0.813. The SMILES string of the molecule is CC1(C)C(C(=O)c2cn(CC3CCOCC3)c3ccc(O)cc23)C1(C)C. The third-order valence-electron chi connectivity index (χ3n) is 7.21. The molecule has 1 saturated carbocycles. The van der Waals surface area contributed by atoms with Gasteiger partial charge in [-0.15, -0.1) is 0 Å². The fourth-order valence-electron chi connectivity index (χ4n) is 4.85. The molecule has 140 valence electrons. The van der Waals surface area contributed by atoms with Gasteiger partial charge in [0, 0.05) is 48.3 Å². The molecule has 0 unspecified atom stereocenters. The van der Waals surface area contributed by atoms with Crippen molar-refractivity contribution in [2.45, 2.75) is 47.1 Å². The molecule has 1 aliphatic heterocycles. The van der Waals surface area contributed by atoms with Crippen LogP contribution in [0, 0.1) is 22.7 Å². The second kappa shape index (κ2) is 5.85. The number of aromatic hydroxyl groups is 1. The van der Waals surface area contributed by atoms with E-state index < -0.39 is 0 Å². The monoisotopic (exact) mass is 355 g/mol. The summed E-state index contributed by atoms with van der Waals surface area (Å²) in [4.78, 5) is 13.4. The lowest BCUT2D eigenvalue weighted by Gasteiger charge is -2.22. The molecule has 2 heterocycles. The summed E-state index contributed by atoms with van der Waals surface area (Å²) >= 11 is 0. The molecule has 1 saturated heterocycles. The molecule has 1 N–H and O–H groups in total. The van der Waals surface area contributed by atoms with Crippen LogP contribution in [0.25, 0.3) is 10.9 Å². The number of phenols is 1. The molecule has 1 aromatic carbocycles. The molecule has 0 spiro atoms. The summed E-state index contributed by atoms with van der Waals surface area (Å²) in [5.74, 6) is 1.02. The van der Waals surface area contributed by atoms with Crippen molar-refractivity contribution in [3.8, 4) is 5.75 Å². The van der Waals surface area contributed by atoms with Gasteiger partial charge in [0.1, 0.15) is 5.75 Å². The Morgan fingerprint density at radius 3 is 2.46 bits per heavy atom. The maximum absolute atomic E-state index is 13.4. The first-order valence-corrected chi connectivity index (χ1v) is 9.67. The Morgan fingerprint density at radius 2 is 1.85 bits per heavy atom. The summed E-state index contributed by atoms with van der Waals surface area (Å²) in [5.41, 5.74) is 1.81. The number of benzene rings is 1. The molecule has 0 atom stereocenters. The fraction of sp³-hybridized carbons (Fsp3) is 0.591.